The van der Waals surface area contributed by atoms with Gasteiger partial charge in [-0.3, -0.25) is 4.98 Å². The van der Waals surface area contributed by atoms with Crippen LogP contribution in [0.4, 0.5) is 0 Å². The lowest BCUT2D eigenvalue weighted by Gasteiger charge is -1.85. The lowest BCUT2D eigenvalue weighted by Crippen LogP contribution is -1.77. The minimum absolute atomic E-state index is 0.880. The third-order valence-corrected chi connectivity index (χ3v) is 2.01. The number of aromatic amines is 1. The highest BCUT2D eigenvalue weighted by Gasteiger charge is 2.03. The number of fused-ring (bicyclic) bond motifs is 3. The molecule has 4 nitrogen and oxygen atoms in total. The van der Waals surface area contributed by atoms with Crippen LogP contribution in [-0.4, -0.2) is 19.9 Å². The molecule has 3 rings (SSSR count). The maximum absolute atomic E-state index is 4.25. The number of nitrogens with zero attached hydrogens (tertiary/aromatic N) is 3. The highest BCUT2D eigenvalue weighted by Crippen LogP contribution is 2.19. The Hall–Kier alpha value is -1.97. The summed E-state index contributed by atoms with van der Waals surface area (Å²) >= 11 is 0. The smallest absolute Gasteiger partial charge is 0.118 e. The van der Waals surface area contributed by atoms with Crippen LogP contribution in [0.1, 0.15) is 27.7 Å². The molecule has 0 aliphatic rings. The van der Waals surface area contributed by atoms with E-state index in [4.69, 9.17) is 0 Å². The Morgan fingerprint density at radius 1 is 0.941 bits per heavy atom. The van der Waals surface area contributed by atoms with Gasteiger partial charge in [-0.25, -0.2) is 9.97 Å². The van der Waals surface area contributed by atoms with Crippen molar-refractivity contribution in [3.8, 4) is 0 Å². The van der Waals surface area contributed by atoms with Crippen molar-refractivity contribution in [2.24, 2.45) is 0 Å². The van der Waals surface area contributed by atoms with Crippen LogP contribution in [0.15, 0.2) is 30.9 Å². The first-order chi connectivity index (χ1) is 8.45. The lowest BCUT2D eigenvalue weighted by atomic mass is 10.3. The summed E-state index contributed by atoms with van der Waals surface area (Å²) in [7, 11) is 0. The van der Waals surface area contributed by atoms with Gasteiger partial charge in [-0.2, -0.15) is 0 Å². The molecule has 17 heavy (non-hydrogen) atoms. The van der Waals surface area contributed by atoms with Crippen molar-refractivity contribution in [3.05, 3.63) is 30.9 Å². The van der Waals surface area contributed by atoms with Gasteiger partial charge < -0.3 is 4.98 Å². The quantitative estimate of drug-likeness (QED) is 0.642. The molecular formula is C13H18N4. The molecule has 0 aliphatic heterocycles. The summed E-state index contributed by atoms with van der Waals surface area (Å²) in [5.74, 6) is 0. The van der Waals surface area contributed by atoms with Gasteiger partial charge in [0.2, 0.25) is 0 Å². The van der Waals surface area contributed by atoms with E-state index in [1.165, 1.54) is 6.33 Å². The molecule has 3 aromatic heterocycles. The van der Waals surface area contributed by atoms with Crippen LogP contribution >= 0.6 is 0 Å². The second-order valence-corrected chi connectivity index (χ2v) is 2.81. The highest BCUT2D eigenvalue weighted by molar-refractivity contribution is 6.01. The van der Waals surface area contributed by atoms with Crippen LogP contribution in [0.5, 0.6) is 0 Å². The maximum atomic E-state index is 4.25. The largest absolute Gasteiger partial charge is 0.351 e. The van der Waals surface area contributed by atoms with Crippen molar-refractivity contribution in [1.29, 1.82) is 0 Å². The fourth-order valence-corrected chi connectivity index (χ4v) is 1.45. The summed E-state index contributed by atoms with van der Waals surface area (Å²) in [4.78, 5) is 15.5. The first kappa shape index (κ1) is 13.1. The maximum Gasteiger partial charge on any atom is 0.118 e. The van der Waals surface area contributed by atoms with Crippen LogP contribution < -0.4 is 0 Å². The molecule has 0 spiro atoms. The first-order valence-corrected chi connectivity index (χ1v) is 5.97. The molecule has 0 bridgehead atoms. The summed E-state index contributed by atoms with van der Waals surface area (Å²) in [6, 6.07) is 3.87. The molecule has 0 atom stereocenters. The summed E-state index contributed by atoms with van der Waals surface area (Å²) in [5.41, 5.74) is 3.71. The van der Waals surface area contributed by atoms with Gasteiger partial charge in [-0.15, -0.1) is 0 Å². The molecule has 0 saturated heterocycles. The average Bonchev–Trinajstić information content (AvgIpc) is 2.82. The van der Waals surface area contributed by atoms with Gasteiger partial charge in [0, 0.05) is 6.20 Å². The van der Waals surface area contributed by atoms with Crippen LogP contribution in [0.3, 0.4) is 0 Å². The third kappa shape index (κ3) is 2.58. The molecule has 0 amide bonds. The van der Waals surface area contributed by atoms with Crippen molar-refractivity contribution in [2.75, 3.05) is 0 Å². The SMILES string of the molecule is CC.CC.c1cnc2c(c1)[nH]c1cncnc12. The van der Waals surface area contributed by atoms with Gasteiger partial charge in [-0.1, -0.05) is 27.7 Å². The van der Waals surface area contributed by atoms with Gasteiger partial charge in [0.15, 0.2) is 0 Å². The van der Waals surface area contributed by atoms with Gasteiger partial charge in [0.25, 0.3) is 0 Å². The van der Waals surface area contributed by atoms with E-state index < -0.39 is 0 Å². The van der Waals surface area contributed by atoms with Gasteiger partial charge in [-0.05, 0) is 12.1 Å². The summed E-state index contributed by atoms with van der Waals surface area (Å²) in [5, 5.41) is 0. The van der Waals surface area contributed by atoms with Crippen LogP contribution in [-0.2, 0) is 0 Å². The molecule has 0 fully saturated rings. The number of hydrogen-bond donors (Lipinski definition) is 1. The Bertz CT molecular complexity index is 521. The monoisotopic (exact) mass is 230 g/mol. The Morgan fingerprint density at radius 3 is 2.41 bits per heavy atom. The van der Waals surface area contributed by atoms with E-state index in [2.05, 4.69) is 19.9 Å². The predicted molar refractivity (Wildman–Crippen MR) is 71.9 cm³/mol. The number of pyridine rings is 1. The molecule has 0 radical (unpaired) electrons. The second-order valence-electron chi connectivity index (χ2n) is 2.81. The summed E-state index contributed by atoms with van der Waals surface area (Å²) in [6.07, 6.45) is 5.05. The molecule has 0 aliphatic carbocycles. The van der Waals surface area contributed by atoms with Crippen LogP contribution in [0.2, 0.25) is 0 Å². The molecule has 0 aromatic carbocycles. The number of H-pyrrole nitrogens is 1. The van der Waals surface area contributed by atoms with Gasteiger partial charge in [0.05, 0.1) is 17.2 Å². The van der Waals surface area contributed by atoms with Crippen molar-refractivity contribution in [2.45, 2.75) is 27.7 Å². The van der Waals surface area contributed by atoms with E-state index in [0.717, 1.165) is 22.1 Å². The van der Waals surface area contributed by atoms with E-state index >= 15 is 0 Å². The Labute approximate surface area is 101 Å². The van der Waals surface area contributed by atoms with Crippen molar-refractivity contribution < 1.29 is 0 Å². The molecule has 0 unspecified atom stereocenters. The summed E-state index contributed by atoms with van der Waals surface area (Å²) < 4.78 is 0. The summed E-state index contributed by atoms with van der Waals surface area (Å²) in [6.45, 7) is 8.00. The molecule has 4 heteroatoms. The fourth-order valence-electron chi connectivity index (χ4n) is 1.45. The minimum atomic E-state index is 0.880. The number of rotatable bonds is 0. The van der Waals surface area contributed by atoms with Gasteiger partial charge >= 0.3 is 0 Å². The predicted octanol–water partition coefficient (Wildman–Crippen LogP) is 3.56. The Balaban J connectivity index is 0.000000330. The number of nitrogens with one attached hydrogen (secondary N) is 1. The van der Waals surface area contributed by atoms with Gasteiger partial charge in [0.1, 0.15) is 17.4 Å². The van der Waals surface area contributed by atoms with E-state index in [9.17, 15) is 0 Å². The molecular weight excluding hydrogens is 212 g/mol. The first-order valence-electron chi connectivity index (χ1n) is 5.97. The lowest BCUT2D eigenvalue weighted by molar-refractivity contribution is 1.22. The zero-order valence-corrected chi connectivity index (χ0v) is 10.7. The van der Waals surface area contributed by atoms with Crippen molar-refractivity contribution >= 4 is 22.1 Å². The molecule has 3 heterocycles. The van der Waals surface area contributed by atoms with E-state index in [0.29, 0.717) is 0 Å². The topological polar surface area (TPSA) is 54.5 Å². The normalized spacial score (nSPS) is 9.18. The average molecular weight is 230 g/mol. The van der Waals surface area contributed by atoms with E-state index in [-0.39, 0.29) is 0 Å². The fraction of sp³-hybridized carbons (Fsp3) is 0.308. The molecule has 0 saturated carbocycles. The number of hydrogen-bond acceptors (Lipinski definition) is 3. The Morgan fingerprint density at radius 2 is 1.65 bits per heavy atom. The standard InChI is InChI=1S/C9H6N4.2C2H6/c1-2-6-8(11-3-1)9-7(13-6)4-10-5-12-9;2*1-2/h1-5,13H;2*1-2H3. The Kier molecular flexibility index (Phi) is 5.07. The zero-order chi connectivity index (χ0) is 12.7. The van der Waals surface area contributed by atoms with Crippen molar-refractivity contribution in [1.82, 2.24) is 19.9 Å². The van der Waals surface area contributed by atoms with Crippen LogP contribution in [0.25, 0.3) is 22.1 Å². The zero-order valence-electron chi connectivity index (χ0n) is 10.7. The third-order valence-electron chi connectivity index (χ3n) is 2.01. The minimum Gasteiger partial charge on any atom is -0.351 e. The molecule has 1 N–H and O–H groups in total. The van der Waals surface area contributed by atoms with E-state index in [1.54, 1.807) is 12.4 Å². The number of aromatic nitrogens is 4. The second kappa shape index (κ2) is 6.58. The van der Waals surface area contributed by atoms with Crippen LogP contribution in [0, 0.1) is 0 Å². The van der Waals surface area contributed by atoms with E-state index in [1.807, 2.05) is 39.8 Å². The molecule has 90 valence electrons. The van der Waals surface area contributed by atoms with Crippen molar-refractivity contribution in [3.63, 3.8) is 0 Å². The highest BCUT2D eigenvalue weighted by atomic mass is 14.9. The molecule has 3 aromatic rings.